The van der Waals surface area contributed by atoms with Crippen molar-refractivity contribution in [3.05, 3.63) is 11.9 Å². The van der Waals surface area contributed by atoms with Gasteiger partial charge in [0, 0.05) is 18.8 Å². The molecule has 9 nitrogen and oxygen atoms in total. The lowest BCUT2D eigenvalue weighted by Gasteiger charge is -2.11. The average Bonchev–Trinajstić information content (AvgIpc) is 3.10. The molecule has 1 aromatic heterocycles. The number of hydrogen-bond acceptors (Lipinski definition) is 7. The lowest BCUT2D eigenvalue weighted by Crippen LogP contribution is -2.29. The smallest absolute Gasteiger partial charge is 0.232 e. The summed E-state index contributed by atoms with van der Waals surface area (Å²) in [4.78, 5) is 35.6. The van der Waals surface area contributed by atoms with Crippen LogP contribution in [0, 0.1) is 5.92 Å². The normalized spacial score (nSPS) is 17.5. The number of carbonyl (C=O) groups is 3. The first-order valence-electron chi connectivity index (χ1n) is 8.35. The van der Waals surface area contributed by atoms with E-state index in [2.05, 4.69) is 10.3 Å². The topological polar surface area (TPSA) is 104 Å². The highest BCUT2D eigenvalue weighted by Crippen LogP contribution is 2.20. The number of carbonyl (C=O) groups excluding carboxylic acids is 3. The summed E-state index contributed by atoms with van der Waals surface area (Å²) in [5.74, 6) is -0.476. The predicted octanol–water partition coefficient (Wildman–Crippen LogP) is 0.185. The number of imide groups is 1. The van der Waals surface area contributed by atoms with Crippen molar-refractivity contribution in [1.29, 1.82) is 0 Å². The highest BCUT2D eigenvalue weighted by molar-refractivity contribution is 6.03. The fourth-order valence-electron chi connectivity index (χ4n) is 2.39. The standard InChI is InChI=1S/C16H24N4O5/c1-12-9-15(22)20(16(12)23)11-14-10-19(18-17-14)4-6-25-8-7-24-5-3-13(2)21/h10,12H,3-9,11H2,1-2H3. The molecule has 0 saturated carbocycles. The van der Waals surface area contributed by atoms with Gasteiger partial charge in [0.15, 0.2) is 0 Å². The Morgan fingerprint density at radius 3 is 2.60 bits per heavy atom. The van der Waals surface area contributed by atoms with E-state index in [9.17, 15) is 14.4 Å². The van der Waals surface area contributed by atoms with Crippen LogP contribution in [0.5, 0.6) is 0 Å². The van der Waals surface area contributed by atoms with E-state index in [-0.39, 0.29) is 36.5 Å². The first-order chi connectivity index (χ1) is 12.0. The van der Waals surface area contributed by atoms with Gasteiger partial charge in [-0.3, -0.25) is 19.3 Å². The number of ketones is 1. The fourth-order valence-corrected chi connectivity index (χ4v) is 2.39. The number of amides is 2. The van der Waals surface area contributed by atoms with E-state index in [1.807, 2.05) is 0 Å². The van der Waals surface area contributed by atoms with Gasteiger partial charge in [0.25, 0.3) is 0 Å². The van der Waals surface area contributed by atoms with Crippen LogP contribution in [0.2, 0.25) is 0 Å². The van der Waals surface area contributed by atoms with Gasteiger partial charge in [0.1, 0.15) is 11.5 Å². The number of rotatable bonds is 11. The summed E-state index contributed by atoms with van der Waals surface area (Å²) >= 11 is 0. The van der Waals surface area contributed by atoms with E-state index < -0.39 is 0 Å². The third-order valence-electron chi connectivity index (χ3n) is 3.81. The van der Waals surface area contributed by atoms with Gasteiger partial charge in [-0.05, 0) is 6.92 Å². The molecule has 0 N–H and O–H groups in total. The molecule has 2 amide bonds. The Labute approximate surface area is 146 Å². The highest BCUT2D eigenvalue weighted by atomic mass is 16.5. The second-order valence-corrected chi connectivity index (χ2v) is 6.07. The predicted molar refractivity (Wildman–Crippen MR) is 86.3 cm³/mol. The molecule has 0 radical (unpaired) electrons. The Morgan fingerprint density at radius 2 is 1.96 bits per heavy atom. The molecule has 2 rings (SSSR count). The van der Waals surface area contributed by atoms with Crippen molar-refractivity contribution < 1.29 is 23.9 Å². The first kappa shape index (κ1) is 19.2. The van der Waals surface area contributed by atoms with E-state index in [0.29, 0.717) is 45.1 Å². The summed E-state index contributed by atoms with van der Waals surface area (Å²) in [6, 6.07) is 0. The van der Waals surface area contributed by atoms with Crippen molar-refractivity contribution >= 4 is 17.6 Å². The number of nitrogens with zero attached hydrogens (tertiary/aromatic N) is 4. The zero-order chi connectivity index (χ0) is 18.2. The van der Waals surface area contributed by atoms with Crippen molar-refractivity contribution in [1.82, 2.24) is 19.9 Å². The molecule has 0 aromatic carbocycles. The minimum Gasteiger partial charge on any atom is -0.379 e. The number of likely N-dealkylation sites (tertiary alicyclic amines) is 1. The number of hydrogen-bond donors (Lipinski definition) is 0. The number of Topliss-reactive ketones (excluding diaryl/α,β-unsaturated/α-hetero) is 1. The van der Waals surface area contributed by atoms with E-state index in [1.165, 1.54) is 11.8 Å². The molecule has 0 bridgehead atoms. The van der Waals surface area contributed by atoms with Crippen molar-refractivity contribution in [2.45, 2.75) is 39.8 Å². The molecule has 1 saturated heterocycles. The zero-order valence-corrected chi connectivity index (χ0v) is 14.6. The third kappa shape index (κ3) is 6.02. The molecule has 1 aliphatic rings. The van der Waals surface area contributed by atoms with E-state index >= 15 is 0 Å². The molecule has 1 atom stereocenters. The zero-order valence-electron chi connectivity index (χ0n) is 14.6. The quantitative estimate of drug-likeness (QED) is 0.413. The summed E-state index contributed by atoms with van der Waals surface area (Å²) in [5.41, 5.74) is 0.573. The van der Waals surface area contributed by atoms with Crippen LogP contribution in [-0.4, -0.2) is 63.9 Å². The van der Waals surface area contributed by atoms with E-state index in [4.69, 9.17) is 9.47 Å². The van der Waals surface area contributed by atoms with Gasteiger partial charge >= 0.3 is 0 Å². The lowest BCUT2D eigenvalue weighted by atomic mass is 10.1. The summed E-state index contributed by atoms with van der Waals surface area (Å²) in [7, 11) is 0. The molecule has 1 fully saturated rings. The van der Waals surface area contributed by atoms with Gasteiger partial charge in [-0.2, -0.15) is 0 Å². The fraction of sp³-hybridized carbons (Fsp3) is 0.688. The summed E-state index contributed by atoms with van der Waals surface area (Å²) in [6.07, 6.45) is 2.38. The summed E-state index contributed by atoms with van der Waals surface area (Å²) < 4.78 is 12.3. The summed E-state index contributed by atoms with van der Waals surface area (Å²) in [5, 5.41) is 7.95. The monoisotopic (exact) mass is 352 g/mol. The van der Waals surface area contributed by atoms with Crippen LogP contribution >= 0.6 is 0 Å². The van der Waals surface area contributed by atoms with Crippen molar-refractivity contribution in [3.63, 3.8) is 0 Å². The highest BCUT2D eigenvalue weighted by Gasteiger charge is 2.35. The molecule has 1 aliphatic heterocycles. The van der Waals surface area contributed by atoms with Crippen molar-refractivity contribution in [2.75, 3.05) is 26.4 Å². The van der Waals surface area contributed by atoms with Crippen LogP contribution in [-0.2, 0) is 36.9 Å². The molecule has 1 aromatic rings. The van der Waals surface area contributed by atoms with Gasteiger partial charge in [-0.25, -0.2) is 4.68 Å². The maximum absolute atomic E-state index is 11.9. The Hall–Kier alpha value is -2.13. The lowest BCUT2D eigenvalue weighted by molar-refractivity contribution is -0.140. The molecule has 9 heteroatoms. The minimum atomic E-state index is -0.256. The van der Waals surface area contributed by atoms with Crippen LogP contribution < -0.4 is 0 Å². The molecule has 1 unspecified atom stereocenters. The maximum atomic E-state index is 11.9. The Kier molecular flexibility index (Phi) is 7.20. The molecule has 2 heterocycles. The average molecular weight is 352 g/mol. The Bertz CT molecular complexity index is 615. The van der Waals surface area contributed by atoms with Crippen LogP contribution in [0.3, 0.4) is 0 Å². The first-order valence-corrected chi connectivity index (χ1v) is 8.35. The molecule has 0 aliphatic carbocycles. The number of aromatic nitrogens is 3. The third-order valence-corrected chi connectivity index (χ3v) is 3.81. The van der Waals surface area contributed by atoms with E-state index in [0.717, 1.165) is 0 Å². The van der Waals surface area contributed by atoms with Crippen LogP contribution in [0.4, 0.5) is 0 Å². The second-order valence-electron chi connectivity index (χ2n) is 6.07. The second kappa shape index (κ2) is 9.38. The van der Waals surface area contributed by atoms with Gasteiger partial charge in [-0.15, -0.1) is 5.10 Å². The van der Waals surface area contributed by atoms with Gasteiger partial charge in [0.2, 0.25) is 11.8 Å². The molecule has 25 heavy (non-hydrogen) atoms. The maximum Gasteiger partial charge on any atom is 0.232 e. The molecule has 138 valence electrons. The summed E-state index contributed by atoms with van der Waals surface area (Å²) in [6.45, 7) is 5.68. The molecular weight excluding hydrogens is 328 g/mol. The van der Waals surface area contributed by atoms with Crippen LogP contribution in [0.25, 0.3) is 0 Å². The number of ether oxygens (including phenoxy) is 2. The SMILES string of the molecule is CC(=O)CCOCCOCCn1cc(CN2C(=O)CC(C)C2=O)nn1. The minimum absolute atomic E-state index is 0.106. The van der Waals surface area contributed by atoms with Crippen molar-refractivity contribution in [3.8, 4) is 0 Å². The van der Waals surface area contributed by atoms with Crippen LogP contribution in [0.15, 0.2) is 6.20 Å². The van der Waals surface area contributed by atoms with Gasteiger partial charge in [0.05, 0.1) is 45.7 Å². The van der Waals surface area contributed by atoms with Crippen molar-refractivity contribution in [2.24, 2.45) is 5.92 Å². The Balaban J connectivity index is 1.62. The van der Waals surface area contributed by atoms with Crippen LogP contribution in [0.1, 0.15) is 32.4 Å². The van der Waals surface area contributed by atoms with Gasteiger partial charge in [-0.1, -0.05) is 12.1 Å². The molecular formula is C16H24N4O5. The molecule has 0 spiro atoms. The van der Waals surface area contributed by atoms with Gasteiger partial charge < -0.3 is 9.47 Å². The Morgan fingerprint density at radius 1 is 1.24 bits per heavy atom. The van der Waals surface area contributed by atoms with E-state index in [1.54, 1.807) is 17.8 Å². The largest absolute Gasteiger partial charge is 0.379 e.